The summed E-state index contributed by atoms with van der Waals surface area (Å²) in [5.41, 5.74) is 1.82. The maximum atomic E-state index is 12.8. The molecule has 0 spiro atoms. The smallest absolute Gasteiger partial charge is 0.247 e. The van der Waals surface area contributed by atoms with Crippen molar-refractivity contribution in [3.05, 3.63) is 78.4 Å². The van der Waals surface area contributed by atoms with Crippen molar-refractivity contribution in [2.45, 2.75) is 19.0 Å². The van der Waals surface area contributed by atoms with Gasteiger partial charge in [-0.2, -0.15) is 0 Å². The number of carbonyl (C=O) groups is 1. The van der Waals surface area contributed by atoms with Gasteiger partial charge in [-0.15, -0.1) is 15.3 Å². The fourth-order valence-electron chi connectivity index (χ4n) is 2.76. The van der Waals surface area contributed by atoms with Crippen LogP contribution >= 0.6 is 0 Å². The lowest BCUT2D eigenvalue weighted by Crippen LogP contribution is -2.34. The predicted octanol–water partition coefficient (Wildman–Crippen LogP) is 1.82. The second-order valence-electron chi connectivity index (χ2n) is 6.08. The van der Waals surface area contributed by atoms with Gasteiger partial charge in [0.15, 0.2) is 0 Å². The first kappa shape index (κ1) is 17.5. The highest BCUT2D eigenvalue weighted by Crippen LogP contribution is 2.17. The molecule has 0 saturated heterocycles. The second-order valence-corrected chi connectivity index (χ2v) is 6.08. The molecule has 9 heteroatoms. The normalized spacial score (nSPS) is 11.9. The summed E-state index contributed by atoms with van der Waals surface area (Å²) < 4.78 is 7.06. The van der Waals surface area contributed by atoms with E-state index in [1.807, 2.05) is 60.7 Å². The summed E-state index contributed by atoms with van der Waals surface area (Å²) >= 11 is 0. The summed E-state index contributed by atoms with van der Waals surface area (Å²) in [5, 5.41) is 22.0. The average molecular weight is 375 g/mol. The van der Waals surface area contributed by atoms with E-state index in [0.717, 1.165) is 11.1 Å². The monoisotopic (exact) mass is 375 g/mol. The van der Waals surface area contributed by atoms with Crippen molar-refractivity contribution in [1.82, 2.24) is 35.7 Å². The predicted molar refractivity (Wildman–Crippen MR) is 98.6 cm³/mol. The number of benzene rings is 2. The molecular weight excluding hydrogens is 358 g/mol. The number of aromatic nitrogens is 6. The van der Waals surface area contributed by atoms with E-state index in [1.165, 1.54) is 11.0 Å². The summed E-state index contributed by atoms with van der Waals surface area (Å²) in [6, 6.07) is 18.5. The van der Waals surface area contributed by atoms with Gasteiger partial charge in [0.25, 0.3) is 0 Å². The van der Waals surface area contributed by atoms with E-state index in [-0.39, 0.29) is 12.5 Å². The lowest BCUT2D eigenvalue weighted by atomic mass is 10.1. The first-order chi connectivity index (χ1) is 13.8. The summed E-state index contributed by atoms with van der Waals surface area (Å²) in [5.74, 6) is 0.490. The standard InChI is InChI=1S/C19H17N7O2/c27-18(16(26-13-21-24-25-26)11-14-7-3-1-4-8-14)20-12-17-22-23-19(28-17)15-9-5-2-6-10-15/h1-10,13,16H,11-12H2,(H,20,27)/t16-/m0/s1. The largest absolute Gasteiger partial charge is 0.419 e. The van der Waals surface area contributed by atoms with Crippen molar-refractivity contribution < 1.29 is 9.21 Å². The quantitative estimate of drug-likeness (QED) is 0.524. The van der Waals surface area contributed by atoms with Crippen LogP contribution in [-0.4, -0.2) is 36.3 Å². The van der Waals surface area contributed by atoms with Gasteiger partial charge in [-0.25, -0.2) is 4.68 Å². The van der Waals surface area contributed by atoms with Crippen LogP contribution in [0.25, 0.3) is 11.5 Å². The number of hydrogen-bond acceptors (Lipinski definition) is 7. The molecule has 2 aromatic carbocycles. The highest BCUT2D eigenvalue weighted by Gasteiger charge is 2.22. The average Bonchev–Trinajstić information content (AvgIpc) is 3.44. The summed E-state index contributed by atoms with van der Waals surface area (Å²) in [4.78, 5) is 12.8. The Kier molecular flexibility index (Phi) is 5.14. The van der Waals surface area contributed by atoms with Gasteiger partial charge < -0.3 is 9.73 Å². The zero-order valence-electron chi connectivity index (χ0n) is 14.8. The second kappa shape index (κ2) is 8.21. The van der Waals surface area contributed by atoms with Crippen LogP contribution in [-0.2, 0) is 17.8 Å². The molecule has 140 valence electrons. The van der Waals surface area contributed by atoms with Crippen LogP contribution in [0.5, 0.6) is 0 Å². The van der Waals surface area contributed by atoms with E-state index in [2.05, 4.69) is 31.0 Å². The van der Waals surface area contributed by atoms with Crippen molar-refractivity contribution in [2.24, 2.45) is 0 Å². The third-order valence-electron chi connectivity index (χ3n) is 4.16. The topological polar surface area (TPSA) is 112 Å². The lowest BCUT2D eigenvalue weighted by Gasteiger charge is -2.15. The van der Waals surface area contributed by atoms with E-state index in [1.54, 1.807) is 0 Å². The highest BCUT2D eigenvalue weighted by atomic mass is 16.4. The SMILES string of the molecule is O=C(NCc1nnc(-c2ccccc2)o1)[C@H](Cc1ccccc1)n1cnnn1. The van der Waals surface area contributed by atoms with Gasteiger partial charge in [0.2, 0.25) is 17.7 Å². The molecule has 1 amide bonds. The molecule has 1 N–H and O–H groups in total. The number of carbonyl (C=O) groups excluding carboxylic acids is 1. The Balaban J connectivity index is 1.44. The van der Waals surface area contributed by atoms with Gasteiger partial charge in [0.05, 0.1) is 6.54 Å². The number of nitrogens with one attached hydrogen (secondary N) is 1. The minimum Gasteiger partial charge on any atom is -0.419 e. The fraction of sp³-hybridized carbons (Fsp3) is 0.158. The maximum Gasteiger partial charge on any atom is 0.247 e. The van der Waals surface area contributed by atoms with Gasteiger partial charge in [0, 0.05) is 12.0 Å². The van der Waals surface area contributed by atoms with Gasteiger partial charge >= 0.3 is 0 Å². The molecule has 4 aromatic rings. The summed E-state index contributed by atoms with van der Waals surface area (Å²) in [6.07, 6.45) is 1.88. The molecule has 4 rings (SSSR count). The Hall–Kier alpha value is -3.88. The van der Waals surface area contributed by atoms with E-state index in [0.29, 0.717) is 18.2 Å². The Morgan fingerprint density at radius 3 is 2.50 bits per heavy atom. The van der Waals surface area contributed by atoms with Crippen LogP contribution < -0.4 is 5.32 Å². The molecule has 2 aromatic heterocycles. The molecule has 9 nitrogen and oxygen atoms in total. The molecule has 0 aliphatic carbocycles. The number of rotatable bonds is 7. The van der Waals surface area contributed by atoms with Gasteiger partial charge in [-0.1, -0.05) is 48.5 Å². The number of nitrogens with zero attached hydrogens (tertiary/aromatic N) is 6. The van der Waals surface area contributed by atoms with Crippen LogP contribution in [0, 0.1) is 0 Å². The third kappa shape index (κ3) is 4.09. The Labute approximate surface area is 160 Å². The lowest BCUT2D eigenvalue weighted by molar-refractivity contribution is -0.124. The minimum absolute atomic E-state index is 0.117. The number of tetrazole rings is 1. The maximum absolute atomic E-state index is 12.8. The van der Waals surface area contributed by atoms with E-state index in [4.69, 9.17) is 4.42 Å². The van der Waals surface area contributed by atoms with Crippen LogP contribution in [0.4, 0.5) is 0 Å². The zero-order chi connectivity index (χ0) is 19.2. The van der Waals surface area contributed by atoms with Crippen molar-refractivity contribution in [3.8, 4) is 11.5 Å². The zero-order valence-corrected chi connectivity index (χ0v) is 14.8. The van der Waals surface area contributed by atoms with Crippen LogP contribution in [0.3, 0.4) is 0 Å². The van der Waals surface area contributed by atoms with Crippen molar-refractivity contribution in [3.63, 3.8) is 0 Å². The molecule has 1 atom stereocenters. The van der Waals surface area contributed by atoms with Gasteiger partial charge in [-0.3, -0.25) is 4.79 Å². The van der Waals surface area contributed by atoms with E-state index < -0.39 is 6.04 Å². The van der Waals surface area contributed by atoms with Crippen molar-refractivity contribution >= 4 is 5.91 Å². The Bertz CT molecular complexity index is 1020. The number of hydrogen-bond donors (Lipinski definition) is 1. The molecule has 0 fully saturated rings. The van der Waals surface area contributed by atoms with Crippen LogP contribution in [0.1, 0.15) is 17.5 Å². The molecular formula is C19H17N7O2. The first-order valence-corrected chi connectivity index (χ1v) is 8.71. The number of amides is 1. The van der Waals surface area contributed by atoms with Crippen molar-refractivity contribution in [2.75, 3.05) is 0 Å². The molecule has 28 heavy (non-hydrogen) atoms. The Morgan fingerprint density at radius 2 is 1.79 bits per heavy atom. The van der Waals surface area contributed by atoms with Crippen molar-refractivity contribution in [1.29, 1.82) is 0 Å². The summed E-state index contributed by atoms with van der Waals surface area (Å²) in [7, 11) is 0. The third-order valence-corrected chi connectivity index (χ3v) is 4.16. The molecule has 0 radical (unpaired) electrons. The molecule has 2 heterocycles. The first-order valence-electron chi connectivity index (χ1n) is 8.71. The van der Waals surface area contributed by atoms with Crippen LogP contribution in [0.15, 0.2) is 71.4 Å². The molecule has 0 saturated carbocycles. The van der Waals surface area contributed by atoms with E-state index >= 15 is 0 Å². The molecule has 0 unspecified atom stereocenters. The molecule has 0 bridgehead atoms. The van der Waals surface area contributed by atoms with E-state index in [9.17, 15) is 4.79 Å². The highest BCUT2D eigenvalue weighted by molar-refractivity contribution is 5.80. The molecule has 0 aliphatic rings. The fourth-order valence-corrected chi connectivity index (χ4v) is 2.76. The van der Waals surface area contributed by atoms with Gasteiger partial charge in [0.1, 0.15) is 12.4 Å². The minimum atomic E-state index is -0.589. The van der Waals surface area contributed by atoms with Gasteiger partial charge in [-0.05, 0) is 28.1 Å². The van der Waals surface area contributed by atoms with Crippen LogP contribution in [0.2, 0.25) is 0 Å². The molecule has 0 aliphatic heterocycles. The summed E-state index contributed by atoms with van der Waals surface area (Å²) in [6.45, 7) is 0.117. The Morgan fingerprint density at radius 1 is 1.04 bits per heavy atom.